The van der Waals surface area contributed by atoms with Crippen molar-refractivity contribution in [1.29, 1.82) is 0 Å². The summed E-state index contributed by atoms with van der Waals surface area (Å²) in [5, 5.41) is 13.4. The predicted molar refractivity (Wildman–Crippen MR) is 99.0 cm³/mol. The number of fused-ring (bicyclic) bond motifs is 1. The minimum atomic E-state index is -0.0690. The minimum absolute atomic E-state index is 0.0690. The van der Waals surface area contributed by atoms with Crippen LogP contribution in [0.2, 0.25) is 0 Å². The Kier molecular flexibility index (Phi) is 4.20. The van der Waals surface area contributed by atoms with Gasteiger partial charge in [-0.1, -0.05) is 29.5 Å². The first-order valence-corrected chi connectivity index (χ1v) is 9.15. The van der Waals surface area contributed by atoms with Crippen LogP contribution in [0.25, 0.3) is 17.2 Å². The van der Waals surface area contributed by atoms with E-state index in [-0.39, 0.29) is 5.25 Å². The van der Waals surface area contributed by atoms with Gasteiger partial charge in [0.25, 0.3) is 5.78 Å². The van der Waals surface area contributed by atoms with E-state index < -0.39 is 0 Å². The Balaban J connectivity index is 1.56. The third kappa shape index (κ3) is 3.20. The van der Waals surface area contributed by atoms with E-state index in [0.717, 1.165) is 17.0 Å². The summed E-state index contributed by atoms with van der Waals surface area (Å²) in [7, 11) is 0. The molecule has 0 amide bonds. The summed E-state index contributed by atoms with van der Waals surface area (Å²) in [6.07, 6.45) is 0. The van der Waals surface area contributed by atoms with Crippen molar-refractivity contribution in [3.05, 3.63) is 53.2 Å². The minimum Gasteiger partial charge on any atom is -0.419 e. The molecule has 0 saturated heterocycles. The van der Waals surface area contributed by atoms with Crippen molar-refractivity contribution in [1.82, 2.24) is 29.8 Å². The third-order valence-electron chi connectivity index (χ3n) is 3.97. The van der Waals surface area contributed by atoms with Crippen LogP contribution in [-0.4, -0.2) is 29.8 Å². The van der Waals surface area contributed by atoms with Crippen LogP contribution in [0.15, 0.2) is 39.9 Å². The number of benzene rings is 1. The van der Waals surface area contributed by atoms with Crippen molar-refractivity contribution in [2.45, 2.75) is 38.1 Å². The number of thioether (sulfide) groups is 1. The number of aryl methyl sites for hydroxylation is 3. The van der Waals surface area contributed by atoms with E-state index >= 15 is 0 Å². The van der Waals surface area contributed by atoms with Gasteiger partial charge in [0, 0.05) is 17.0 Å². The number of nitrogens with zero attached hydrogens (tertiary/aromatic N) is 6. The van der Waals surface area contributed by atoms with Gasteiger partial charge in [0.1, 0.15) is 0 Å². The second kappa shape index (κ2) is 6.53. The summed E-state index contributed by atoms with van der Waals surface area (Å²) >= 11 is 1.47. The van der Waals surface area contributed by atoms with E-state index in [1.54, 1.807) is 4.52 Å². The van der Waals surface area contributed by atoms with E-state index in [9.17, 15) is 0 Å². The highest BCUT2D eigenvalue weighted by Crippen LogP contribution is 2.33. The van der Waals surface area contributed by atoms with E-state index in [2.05, 4.69) is 25.3 Å². The van der Waals surface area contributed by atoms with E-state index in [1.165, 1.54) is 17.3 Å². The molecule has 3 heterocycles. The fourth-order valence-electron chi connectivity index (χ4n) is 2.62. The maximum Gasteiger partial charge on any atom is 0.253 e. The molecular formula is C18H18N6OS. The first kappa shape index (κ1) is 16.7. The Morgan fingerprint density at radius 1 is 1.04 bits per heavy atom. The summed E-state index contributed by atoms with van der Waals surface area (Å²) in [4.78, 5) is 8.90. The van der Waals surface area contributed by atoms with Gasteiger partial charge in [0.05, 0.1) is 5.25 Å². The summed E-state index contributed by atoms with van der Waals surface area (Å²) in [5.74, 6) is 1.66. The molecule has 0 unspecified atom stereocenters. The molecule has 8 heteroatoms. The molecule has 0 aliphatic rings. The lowest BCUT2D eigenvalue weighted by Gasteiger charge is -2.02. The zero-order valence-corrected chi connectivity index (χ0v) is 15.8. The van der Waals surface area contributed by atoms with Crippen molar-refractivity contribution in [3.63, 3.8) is 0 Å². The van der Waals surface area contributed by atoms with Gasteiger partial charge in [0.2, 0.25) is 16.9 Å². The topological polar surface area (TPSA) is 82.0 Å². The van der Waals surface area contributed by atoms with Gasteiger partial charge in [-0.3, -0.25) is 0 Å². The summed E-state index contributed by atoms with van der Waals surface area (Å²) in [6, 6.07) is 9.98. The van der Waals surface area contributed by atoms with Crippen molar-refractivity contribution in [2.24, 2.45) is 0 Å². The van der Waals surface area contributed by atoms with Crippen LogP contribution < -0.4 is 0 Å². The van der Waals surface area contributed by atoms with Gasteiger partial charge in [-0.05, 0) is 45.9 Å². The van der Waals surface area contributed by atoms with Crippen LogP contribution in [0.3, 0.4) is 0 Å². The molecule has 26 heavy (non-hydrogen) atoms. The van der Waals surface area contributed by atoms with Crippen molar-refractivity contribution < 1.29 is 4.42 Å². The van der Waals surface area contributed by atoms with Crippen LogP contribution in [0.1, 0.15) is 35.0 Å². The van der Waals surface area contributed by atoms with E-state index in [0.29, 0.717) is 22.7 Å². The fourth-order valence-corrected chi connectivity index (χ4v) is 3.39. The molecule has 0 radical (unpaired) electrons. The highest BCUT2D eigenvalue weighted by atomic mass is 32.2. The lowest BCUT2D eigenvalue weighted by atomic mass is 10.1. The van der Waals surface area contributed by atoms with E-state index in [4.69, 9.17) is 4.42 Å². The Hall–Kier alpha value is -2.74. The molecular weight excluding hydrogens is 348 g/mol. The maximum absolute atomic E-state index is 5.84. The largest absolute Gasteiger partial charge is 0.419 e. The van der Waals surface area contributed by atoms with Gasteiger partial charge in [-0.2, -0.15) is 4.98 Å². The highest BCUT2D eigenvalue weighted by Gasteiger charge is 2.19. The Morgan fingerprint density at radius 2 is 1.81 bits per heavy atom. The second-order valence-corrected chi connectivity index (χ2v) is 7.52. The maximum atomic E-state index is 5.84. The van der Waals surface area contributed by atoms with Gasteiger partial charge in [0.15, 0.2) is 0 Å². The number of hydrogen-bond donors (Lipinski definition) is 0. The highest BCUT2D eigenvalue weighted by molar-refractivity contribution is 7.99. The normalized spacial score (nSPS) is 12.6. The summed E-state index contributed by atoms with van der Waals surface area (Å²) in [6.45, 7) is 7.97. The van der Waals surface area contributed by atoms with Gasteiger partial charge < -0.3 is 4.42 Å². The molecule has 0 bridgehead atoms. The fraction of sp³-hybridized carbons (Fsp3) is 0.278. The van der Waals surface area contributed by atoms with Crippen molar-refractivity contribution in [2.75, 3.05) is 0 Å². The molecule has 0 fully saturated rings. The summed E-state index contributed by atoms with van der Waals surface area (Å²) < 4.78 is 7.58. The smallest absolute Gasteiger partial charge is 0.253 e. The molecule has 0 aliphatic carbocycles. The van der Waals surface area contributed by atoms with Crippen LogP contribution in [0.5, 0.6) is 0 Å². The first-order chi connectivity index (χ1) is 12.5. The molecule has 1 aromatic carbocycles. The molecule has 7 nitrogen and oxygen atoms in total. The average Bonchev–Trinajstić information content (AvgIpc) is 3.22. The van der Waals surface area contributed by atoms with Crippen LogP contribution in [0.4, 0.5) is 0 Å². The number of hydrogen-bond acceptors (Lipinski definition) is 7. The zero-order valence-electron chi connectivity index (χ0n) is 15.0. The monoisotopic (exact) mass is 366 g/mol. The molecule has 0 aliphatic heterocycles. The molecule has 0 N–H and O–H groups in total. The number of aromatic nitrogens is 6. The van der Waals surface area contributed by atoms with E-state index in [1.807, 2.05) is 58.0 Å². The van der Waals surface area contributed by atoms with Crippen molar-refractivity contribution in [3.8, 4) is 11.5 Å². The van der Waals surface area contributed by atoms with Crippen LogP contribution >= 0.6 is 11.8 Å². The lowest BCUT2D eigenvalue weighted by molar-refractivity contribution is 0.509. The van der Waals surface area contributed by atoms with Crippen molar-refractivity contribution >= 4 is 17.5 Å². The molecule has 1 atom stereocenters. The van der Waals surface area contributed by atoms with Crippen LogP contribution in [-0.2, 0) is 0 Å². The predicted octanol–water partition coefficient (Wildman–Crippen LogP) is 3.95. The average molecular weight is 366 g/mol. The lowest BCUT2D eigenvalue weighted by Crippen LogP contribution is -1.97. The Bertz CT molecular complexity index is 1070. The SMILES string of the molecule is Cc1ccc(-c2nnc([C@@H](C)Sc3nc4nc(C)cc(C)n4n3)o2)cc1. The Morgan fingerprint density at radius 3 is 2.58 bits per heavy atom. The second-order valence-electron chi connectivity index (χ2n) is 6.22. The summed E-state index contributed by atoms with van der Waals surface area (Å²) in [5.41, 5.74) is 4.02. The molecule has 3 aromatic heterocycles. The standard InChI is InChI=1S/C18H18N6OS/c1-10-5-7-14(8-6-10)16-22-21-15(25-16)13(4)26-18-20-17-19-11(2)9-12(3)24(17)23-18/h5-9,13H,1-4H3/t13-/m1/s1. The Labute approximate surface area is 154 Å². The molecule has 0 saturated carbocycles. The van der Waals surface area contributed by atoms with Gasteiger partial charge in [-0.15, -0.1) is 15.3 Å². The number of rotatable bonds is 4. The van der Waals surface area contributed by atoms with Gasteiger partial charge in [-0.25, -0.2) is 9.50 Å². The molecule has 4 rings (SSSR count). The van der Waals surface area contributed by atoms with Crippen LogP contribution in [0, 0.1) is 20.8 Å². The third-order valence-corrected chi connectivity index (χ3v) is 4.91. The molecule has 0 spiro atoms. The quantitative estimate of drug-likeness (QED) is 0.506. The first-order valence-electron chi connectivity index (χ1n) is 8.28. The van der Waals surface area contributed by atoms with Gasteiger partial charge >= 0.3 is 0 Å². The molecule has 132 valence electrons. The molecule has 4 aromatic rings. The zero-order chi connectivity index (χ0) is 18.3.